The number of carbonyl (C=O) groups excluding carboxylic acids is 2. The molecular formula is C25H26ClN4O5S+. The van der Waals surface area contributed by atoms with E-state index in [1.165, 1.54) is 48.4 Å². The van der Waals surface area contributed by atoms with Crippen molar-refractivity contribution in [3.8, 4) is 22.8 Å². The van der Waals surface area contributed by atoms with E-state index in [-0.39, 0.29) is 28.7 Å². The van der Waals surface area contributed by atoms with Gasteiger partial charge in [0.15, 0.2) is 11.5 Å². The summed E-state index contributed by atoms with van der Waals surface area (Å²) in [6, 6.07) is 10.2. The van der Waals surface area contributed by atoms with E-state index in [9.17, 15) is 14.4 Å². The zero-order valence-electron chi connectivity index (χ0n) is 20.3. The molecule has 0 saturated heterocycles. The highest BCUT2D eigenvalue weighted by Crippen LogP contribution is 2.44. The Labute approximate surface area is 217 Å². The molecule has 1 amide bonds. The number of H-pyrrole nitrogens is 1. The van der Waals surface area contributed by atoms with E-state index in [4.69, 9.17) is 26.2 Å². The normalized spacial score (nSPS) is 14.1. The van der Waals surface area contributed by atoms with E-state index in [0.717, 1.165) is 18.6 Å². The number of aromatic amines is 1. The van der Waals surface area contributed by atoms with Gasteiger partial charge in [-0.2, -0.15) is 0 Å². The summed E-state index contributed by atoms with van der Waals surface area (Å²) in [6.07, 6.45) is 0.962. The van der Waals surface area contributed by atoms with Crippen LogP contribution in [0.15, 0.2) is 46.3 Å². The molecule has 1 aliphatic rings. The van der Waals surface area contributed by atoms with E-state index in [2.05, 4.69) is 11.9 Å². The first-order valence-corrected chi connectivity index (χ1v) is 12.8. The number of esters is 1. The molecule has 0 fully saturated rings. The van der Waals surface area contributed by atoms with Gasteiger partial charge in [-0.05, 0) is 29.3 Å². The molecule has 0 aliphatic carbocycles. The third-order valence-electron chi connectivity index (χ3n) is 5.63. The van der Waals surface area contributed by atoms with E-state index >= 15 is 0 Å². The molecule has 0 radical (unpaired) electrons. The molecule has 0 bridgehead atoms. The second-order valence-electron chi connectivity index (χ2n) is 8.15. The lowest BCUT2D eigenvalue weighted by Crippen LogP contribution is -2.60. The lowest BCUT2D eigenvalue weighted by Gasteiger charge is -2.32. The minimum atomic E-state index is -0.984. The molecule has 0 saturated carbocycles. The van der Waals surface area contributed by atoms with Crippen LogP contribution in [0.4, 0.5) is 5.69 Å². The van der Waals surface area contributed by atoms with Crippen molar-refractivity contribution in [2.75, 3.05) is 17.8 Å². The Hall–Kier alpha value is -3.37. The maximum absolute atomic E-state index is 13.4. The number of hydrogen-bond donors (Lipinski definition) is 1. The number of rotatable bonds is 7. The fourth-order valence-corrected chi connectivity index (χ4v) is 5.31. The van der Waals surface area contributed by atoms with Crippen molar-refractivity contribution in [1.29, 1.82) is 0 Å². The Kier molecular flexibility index (Phi) is 7.65. The number of ether oxygens (including phenoxy) is 2. The first-order valence-electron chi connectivity index (χ1n) is 11.4. The van der Waals surface area contributed by atoms with Crippen molar-refractivity contribution in [1.82, 2.24) is 10.1 Å². The molecule has 2 heterocycles. The third-order valence-corrected chi connectivity index (χ3v) is 6.79. The van der Waals surface area contributed by atoms with Gasteiger partial charge in [-0.25, -0.2) is 4.90 Å². The molecule has 1 aromatic heterocycles. The fraction of sp³-hybridized carbons (Fsp3) is 0.320. The predicted molar refractivity (Wildman–Crippen MR) is 137 cm³/mol. The van der Waals surface area contributed by atoms with Crippen LogP contribution in [-0.2, 0) is 9.59 Å². The summed E-state index contributed by atoms with van der Waals surface area (Å²) in [5.74, 6) is 0.174. The van der Waals surface area contributed by atoms with E-state index in [1.54, 1.807) is 30.3 Å². The van der Waals surface area contributed by atoms with Crippen LogP contribution in [0, 0.1) is 0 Å². The molecule has 9 nitrogen and oxygen atoms in total. The smallest absolute Gasteiger partial charge is 0.325 e. The topological polar surface area (TPSA) is 105 Å². The van der Waals surface area contributed by atoms with Crippen LogP contribution in [0.5, 0.6) is 11.5 Å². The molecule has 36 heavy (non-hydrogen) atoms. The van der Waals surface area contributed by atoms with Crippen LogP contribution < -0.4 is 24.6 Å². The van der Waals surface area contributed by atoms with Gasteiger partial charge in [0.1, 0.15) is 0 Å². The van der Waals surface area contributed by atoms with Gasteiger partial charge >= 0.3 is 17.2 Å². The highest BCUT2D eigenvalue weighted by molar-refractivity contribution is 7.99. The number of benzene rings is 2. The maximum atomic E-state index is 13.4. The minimum absolute atomic E-state index is 0.0887. The zero-order valence-corrected chi connectivity index (χ0v) is 21.9. The van der Waals surface area contributed by atoms with Crippen LogP contribution in [0.1, 0.15) is 45.3 Å². The summed E-state index contributed by atoms with van der Waals surface area (Å²) in [6.45, 7) is 4.77. The average molecular weight is 530 g/mol. The zero-order chi connectivity index (χ0) is 26.0. The number of nitrogens with zero attached hydrogens (tertiary/aromatic N) is 3. The van der Waals surface area contributed by atoms with Gasteiger partial charge in [0.05, 0.1) is 23.9 Å². The standard InChI is InChI=1S/C25H25ClN4O5S/c1-5-6-11-36-25-27-23(33)21-17-9-7-8-10-19(17)29(14(2)31)24(30(21)28-25)18-12-16(26)13-20(34-4)22(18)35-15(3)32/h7-10,12-13,24H,5-6,11H2,1-4H3/p+1. The Bertz CT molecular complexity index is 1390. The number of fused-ring (bicyclic) bond motifs is 3. The number of amides is 1. The molecule has 3 aromatic rings. The molecule has 1 aliphatic heterocycles. The van der Waals surface area contributed by atoms with Crippen LogP contribution in [0.3, 0.4) is 0 Å². The number of nitrogens with one attached hydrogen (secondary N) is 1. The van der Waals surface area contributed by atoms with E-state index in [1.807, 2.05) is 0 Å². The summed E-state index contributed by atoms with van der Waals surface area (Å²) in [5.41, 5.74) is 1.31. The molecule has 1 N–H and O–H groups in total. The molecule has 2 aromatic carbocycles. The molecule has 11 heteroatoms. The second kappa shape index (κ2) is 10.7. The molecule has 0 spiro atoms. The summed E-state index contributed by atoms with van der Waals surface area (Å²) in [4.78, 5) is 43.0. The number of methoxy groups -OCH3 is 1. The summed E-state index contributed by atoms with van der Waals surface area (Å²) in [5, 5.41) is 5.45. The number of anilines is 1. The van der Waals surface area contributed by atoms with Gasteiger partial charge in [0.2, 0.25) is 11.1 Å². The lowest BCUT2D eigenvalue weighted by molar-refractivity contribution is -0.763. The van der Waals surface area contributed by atoms with Crippen LogP contribution in [0.2, 0.25) is 5.02 Å². The van der Waals surface area contributed by atoms with Crippen molar-refractivity contribution in [3.63, 3.8) is 0 Å². The number of aromatic nitrogens is 3. The van der Waals surface area contributed by atoms with Gasteiger partial charge < -0.3 is 9.47 Å². The van der Waals surface area contributed by atoms with Crippen LogP contribution in [0.25, 0.3) is 11.3 Å². The van der Waals surface area contributed by atoms with E-state index < -0.39 is 12.1 Å². The molecule has 1 unspecified atom stereocenters. The van der Waals surface area contributed by atoms with Gasteiger partial charge in [-0.3, -0.25) is 19.4 Å². The number of halogens is 1. The van der Waals surface area contributed by atoms with Gasteiger partial charge in [-0.1, -0.05) is 48.8 Å². The Balaban J connectivity index is 2.07. The largest absolute Gasteiger partial charge is 0.493 e. The number of para-hydroxylation sites is 1. The minimum Gasteiger partial charge on any atom is -0.493 e. The Morgan fingerprint density at radius 2 is 2.00 bits per heavy atom. The highest BCUT2D eigenvalue weighted by Gasteiger charge is 2.47. The number of thioether (sulfide) groups is 1. The number of hydrogen-bond acceptors (Lipinski definition) is 7. The van der Waals surface area contributed by atoms with E-state index in [0.29, 0.717) is 27.0 Å². The molecule has 1 atom stereocenters. The Morgan fingerprint density at radius 1 is 1.25 bits per heavy atom. The molecule has 4 rings (SSSR count). The van der Waals surface area contributed by atoms with Crippen molar-refractivity contribution < 1.29 is 23.7 Å². The van der Waals surface area contributed by atoms with Gasteiger partial charge in [0.25, 0.3) is 6.17 Å². The van der Waals surface area contributed by atoms with Gasteiger partial charge in [0, 0.05) is 35.8 Å². The molecular weight excluding hydrogens is 504 g/mol. The third kappa shape index (κ3) is 4.83. The fourth-order valence-electron chi connectivity index (χ4n) is 4.16. The molecule has 188 valence electrons. The lowest BCUT2D eigenvalue weighted by atomic mass is 10.0. The Morgan fingerprint density at radius 3 is 2.67 bits per heavy atom. The average Bonchev–Trinajstić information content (AvgIpc) is 2.83. The monoisotopic (exact) mass is 529 g/mol. The van der Waals surface area contributed by atoms with Crippen molar-refractivity contribution >= 4 is 40.9 Å². The van der Waals surface area contributed by atoms with Crippen molar-refractivity contribution in [2.24, 2.45) is 0 Å². The maximum Gasteiger partial charge on any atom is 0.325 e. The second-order valence-corrected chi connectivity index (χ2v) is 9.67. The summed E-state index contributed by atoms with van der Waals surface area (Å²) >= 11 is 7.85. The van der Waals surface area contributed by atoms with Crippen LogP contribution >= 0.6 is 23.4 Å². The highest BCUT2D eigenvalue weighted by atomic mass is 35.5. The summed E-state index contributed by atoms with van der Waals surface area (Å²) in [7, 11) is 1.42. The number of carbonyl (C=O) groups is 2. The first-order chi connectivity index (χ1) is 17.3. The number of unbranched alkanes of at least 4 members (excludes halogenated alkanes) is 1. The van der Waals surface area contributed by atoms with Crippen LogP contribution in [-0.4, -0.2) is 34.8 Å². The SMILES string of the molecule is CCCCSc1n[n+]2c(c(=O)[nH]1)-c1ccccc1N(C(C)=O)C2c1cc(Cl)cc(OC)c1OC(C)=O. The quantitative estimate of drug-likeness (QED) is 0.161. The predicted octanol–water partition coefficient (Wildman–Crippen LogP) is 4.12. The first kappa shape index (κ1) is 25.7. The summed E-state index contributed by atoms with van der Waals surface area (Å²) < 4.78 is 12.5. The van der Waals surface area contributed by atoms with Crippen molar-refractivity contribution in [3.05, 3.63) is 57.3 Å². The van der Waals surface area contributed by atoms with Crippen molar-refractivity contribution in [2.45, 2.75) is 44.9 Å². The van der Waals surface area contributed by atoms with Gasteiger partial charge in [-0.15, -0.1) is 0 Å².